The van der Waals surface area contributed by atoms with Gasteiger partial charge in [0.1, 0.15) is 0 Å². The van der Waals surface area contributed by atoms with E-state index >= 15 is 0 Å². The van der Waals surface area contributed by atoms with Crippen molar-refractivity contribution in [1.82, 2.24) is 19.6 Å². The van der Waals surface area contributed by atoms with Crippen molar-refractivity contribution in [3.05, 3.63) is 21.7 Å². The van der Waals surface area contributed by atoms with Gasteiger partial charge in [0.15, 0.2) is 5.65 Å². The first kappa shape index (κ1) is 12.2. The van der Waals surface area contributed by atoms with Crippen LogP contribution in [0.3, 0.4) is 0 Å². The number of methoxy groups -OCH3 is 1. The summed E-state index contributed by atoms with van der Waals surface area (Å²) in [4.78, 5) is 16.4. The van der Waals surface area contributed by atoms with Crippen molar-refractivity contribution in [2.24, 2.45) is 0 Å². The molecule has 2 aromatic heterocycles. The van der Waals surface area contributed by atoms with E-state index in [4.69, 9.17) is 4.74 Å². The van der Waals surface area contributed by atoms with E-state index in [2.05, 4.69) is 20.5 Å². The van der Waals surface area contributed by atoms with Crippen LogP contribution in [0.25, 0.3) is 5.65 Å². The summed E-state index contributed by atoms with van der Waals surface area (Å²) < 4.78 is 6.51. The van der Waals surface area contributed by atoms with E-state index in [1.165, 1.54) is 4.40 Å². The van der Waals surface area contributed by atoms with Crippen LogP contribution in [0.4, 0.5) is 5.95 Å². The van der Waals surface area contributed by atoms with Crippen molar-refractivity contribution in [2.75, 3.05) is 25.6 Å². The molecule has 0 fully saturated rings. The molecule has 102 valence electrons. The van der Waals surface area contributed by atoms with Crippen LogP contribution in [0.5, 0.6) is 0 Å². The Balaban J connectivity index is 2.09. The van der Waals surface area contributed by atoms with Crippen molar-refractivity contribution in [3.8, 4) is 0 Å². The molecule has 0 atom stereocenters. The number of fused-ring (bicyclic) bond motifs is 3. The number of nitrogens with zero attached hydrogens (tertiary/aromatic N) is 3. The van der Waals surface area contributed by atoms with Crippen LogP contribution < -0.4 is 11.0 Å². The SMILES string of the molecule is COCCNc1nc2c(c3n[nH]c(=O)n13)CCCC2. The van der Waals surface area contributed by atoms with Crippen molar-refractivity contribution >= 4 is 11.6 Å². The molecular formula is C12H17N5O2. The van der Waals surface area contributed by atoms with E-state index in [1.807, 2.05) is 0 Å². The molecule has 0 aromatic carbocycles. The summed E-state index contributed by atoms with van der Waals surface area (Å²) in [5.41, 5.74) is 2.60. The highest BCUT2D eigenvalue weighted by Gasteiger charge is 2.19. The second kappa shape index (κ2) is 5.00. The summed E-state index contributed by atoms with van der Waals surface area (Å²) in [7, 11) is 1.64. The molecule has 0 aliphatic heterocycles. The van der Waals surface area contributed by atoms with Gasteiger partial charge in [0.25, 0.3) is 0 Å². The molecule has 0 saturated heterocycles. The van der Waals surface area contributed by atoms with Crippen LogP contribution in [0.1, 0.15) is 24.1 Å². The summed E-state index contributed by atoms with van der Waals surface area (Å²) >= 11 is 0. The summed E-state index contributed by atoms with van der Waals surface area (Å²) in [5, 5.41) is 9.77. The summed E-state index contributed by atoms with van der Waals surface area (Å²) in [6.07, 6.45) is 4.16. The number of aromatic amines is 1. The number of aromatic nitrogens is 4. The average Bonchev–Trinajstić information content (AvgIpc) is 2.82. The minimum Gasteiger partial charge on any atom is -0.383 e. The Morgan fingerprint density at radius 3 is 3.11 bits per heavy atom. The van der Waals surface area contributed by atoms with E-state index in [0.717, 1.165) is 36.9 Å². The molecule has 0 spiro atoms. The van der Waals surface area contributed by atoms with E-state index < -0.39 is 0 Å². The smallest absolute Gasteiger partial charge is 0.350 e. The van der Waals surface area contributed by atoms with E-state index in [1.54, 1.807) is 7.11 Å². The Morgan fingerprint density at radius 2 is 2.26 bits per heavy atom. The fraction of sp³-hybridized carbons (Fsp3) is 0.583. The topological polar surface area (TPSA) is 84.3 Å². The number of anilines is 1. The van der Waals surface area contributed by atoms with Gasteiger partial charge in [0.2, 0.25) is 5.95 Å². The maximum Gasteiger partial charge on any atom is 0.350 e. The van der Waals surface area contributed by atoms with Crippen LogP contribution in [0.2, 0.25) is 0 Å². The van der Waals surface area contributed by atoms with Crippen LogP contribution in [0.15, 0.2) is 4.79 Å². The molecule has 7 nitrogen and oxygen atoms in total. The predicted octanol–water partition coefficient (Wildman–Crippen LogP) is 0.355. The minimum atomic E-state index is -0.254. The molecule has 19 heavy (non-hydrogen) atoms. The highest BCUT2D eigenvalue weighted by molar-refractivity contribution is 5.54. The molecule has 2 heterocycles. The highest BCUT2D eigenvalue weighted by Crippen LogP contribution is 2.23. The zero-order chi connectivity index (χ0) is 13.2. The molecule has 0 saturated carbocycles. The Morgan fingerprint density at radius 1 is 1.42 bits per heavy atom. The lowest BCUT2D eigenvalue weighted by atomic mass is 9.97. The molecule has 0 unspecified atom stereocenters. The molecule has 1 aliphatic carbocycles. The highest BCUT2D eigenvalue weighted by atomic mass is 16.5. The van der Waals surface area contributed by atoms with Crippen LogP contribution in [-0.2, 0) is 17.6 Å². The largest absolute Gasteiger partial charge is 0.383 e. The second-order valence-electron chi connectivity index (χ2n) is 4.68. The van der Waals surface area contributed by atoms with Crippen molar-refractivity contribution in [1.29, 1.82) is 0 Å². The van der Waals surface area contributed by atoms with Gasteiger partial charge in [-0.05, 0) is 25.7 Å². The number of aryl methyl sites for hydroxylation is 2. The number of nitrogens with one attached hydrogen (secondary N) is 2. The average molecular weight is 263 g/mol. The van der Waals surface area contributed by atoms with E-state index in [9.17, 15) is 4.79 Å². The number of ether oxygens (including phenoxy) is 1. The Labute approximate surface area is 110 Å². The lowest BCUT2D eigenvalue weighted by Gasteiger charge is -2.17. The van der Waals surface area contributed by atoms with Gasteiger partial charge in [-0.2, -0.15) is 5.10 Å². The van der Waals surface area contributed by atoms with Gasteiger partial charge in [0, 0.05) is 19.2 Å². The fourth-order valence-electron chi connectivity index (χ4n) is 2.51. The number of H-pyrrole nitrogens is 1. The lowest BCUT2D eigenvalue weighted by molar-refractivity contribution is 0.210. The van der Waals surface area contributed by atoms with Gasteiger partial charge >= 0.3 is 5.69 Å². The summed E-state index contributed by atoms with van der Waals surface area (Å²) in [6.45, 7) is 1.17. The molecule has 3 rings (SSSR count). The third-order valence-electron chi connectivity index (χ3n) is 3.42. The van der Waals surface area contributed by atoms with Gasteiger partial charge in [-0.15, -0.1) is 0 Å². The first-order chi connectivity index (χ1) is 9.31. The fourth-order valence-corrected chi connectivity index (χ4v) is 2.51. The Kier molecular flexibility index (Phi) is 3.20. The molecule has 1 aliphatic rings. The van der Waals surface area contributed by atoms with Gasteiger partial charge in [-0.25, -0.2) is 19.3 Å². The van der Waals surface area contributed by atoms with Crippen LogP contribution in [-0.4, -0.2) is 39.8 Å². The van der Waals surface area contributed by atoms with E-state index in [-0.39, 0.29) is 5.69 Å². The maximum absolute atomic E-state index is 11.9. The molecule has 7 heteroatoms. The van der Waals surface area contributed by atoms with Gasteiger partial charge < -0.3 is 10.1 Å². The predicted molar refractivity (Wildman–Crippen MR) is 70.6 cm³/mol. The van der Waals surface area contributed by atoms with Crippen LogP contribution in [0, 0.1) is 0 Å². The van der Waals surface area contributed by atoms with E-state index in [0.29, 0.717) is 24.7 Å². The second-order valence-corrected chi connectivity index (χ2v) is 4.68. The van der Waals surface area contributed by atoms with Crippen LogP contribution >= 0.6 is 0 Å². The monoisotopic (exact) mass is 263 g/mol. The molecule has 0 amide bonds. The Hall–Kier alpha value is -1.89. The molecule has 2 N–H and O–H groups in total. The quantitative estimate of drug-likeness (QED) is 0.778. The number of hydrogen-bond donors (Lipinski definition) is 2. The lowest BCUT2D eigenvalue weighted by Crippen LogP contribution is -2.21. The molecule has 0 bridgehead atoms. The van der Waals surface area contributed by atoms with Crippen molar-refractivity contribution < 1.29 is 4.74 Å². The molecule has 2 aromatic rings. The maximum atomic E-state index is 11.9. The summed E-state index contributed by atoms with van der Waals surface area (Å²) in [5.74, 6) is 0.548. The van der Waals surface area contributed by atoms with Gasteiger partial charge in [0.05, 0.1) is 12.3 Å². The molecular weight excluding hydrogens is 246 g/mol. The number of rotatable bonds is 4. The first-order valence-corrected chi connectivity index (χ1v) is 6.53. The Bertz CT molecular complexity index is 645. The zero-order valence-corrected chi connectivity index (χ0v) is 10.9. The third kappa shape index (κ3) is 2.10. The number of hydrogen-bond acceptors (Lipinski definition) is 5. The third-order valence-corrected chi connectivity index (χ3v) is 3.42. The zero-order valence-electron chi connectivity index (χ0n) is 10.9. The molecule has 0 radical (unpaired) electrons. The van der Waals surface area contributed by atoms with Crippen molar-refractivity contribution in [3.63, 3.8) is 0 Å². The van der Waals surface area contributed by atoms with Gasteiger partial charge in [-0.1, -0.05) is 0 Å². The van der Waals surface area contributed by atoms with Crippen molar-refractivity contribution in [2.45, 2.75) is 25.7 Å². The summed E-state index contributed by atoms with van der Waals surface area (Å²) in [6, 6.07) is 0. The normalized spacial score (nSPS) is 14.6. The van der Waals surface area contributed by atoms with Gasteiger partial charge in [-0.3, -0.25) is 0 Å². The first-order valence-electron chi connectivity index (χ1n) is 6.53. The standard InChI is InChI=1S/C12H17N5O2/c1-19-7-6-13-11-14-9-5-3-2-4-8(9)10-15-16-12(18)17(10)11/h2-7H2,1H3,(H,13,14)(H,16,18). The minimum absolute atomic E-state index is 0.254.